The topological polar surface area (TPSA) is 83.5 Å². The Labute approximate surface area is 133 Å². The summed E-state index contributed by atoms with van der Waals surface area (Å²) in [5.41, 5.74) is 1.32. The Hall–Kier alpha value is -2.67. The van der Waals surface area contributed by atoms with Gasteiger partial charge in [0.25, 0.3) is 10.0 Å². The standard InChI is InChI=1S/C16H14FNO4S/c1-11-10-13(17)5-8-15(11)18-23(21,22)14-6-2-12(3-7-14)4-9-16(19)20/h2-10,18H,1H3,(H,19,20)/b9-4+. The zero-order chi connectivity index (χ0) is 17.0. The van der Waals surface area contributed by atoms with Crippen LogP contribution >= 0.6 is 0 Å². The molecule has 120 valence electrons. The van der Waals surface area contributed by atoms with Crippen LogP contribution < -0.4 is 4.72 Å². The van der Waals surface area contributed by atoms with Gasteiger partial charge < -0.3 is 5.11 Å². The summed E-state index contributed by atoms with van der Waals surface area (Å²) in [5.74, 6) is -1.53. The molecular formula is C16H14FNO4S. The number of benzene rings is 2. The SMILES string of the molecule is Cc1cc(F)ccc1NS(=O)(=O)c1ccc(/C=C/C(=O)O)cc1. The molecule has 23 heavy (non-hydrogen) atoms. The molecule has 0 saturated carbocycles. The number of carboxylic acids is 1. The molecule has 0 amide bonds. The Morgan fingerprint density at radius 2 is 1.83 bits per heavy atom. The van der Waals surface area contributed by atoms with E-state index in [2.05, 4.69) is 4.72 Å². The molecule has 0 spiro atoms. The molecule has 2 aromatic rings. The predicted octanol–water partition coefficient (Wildman–Crippen LogP) is 3.03. The van der Waals surface area contributed by atoms with Gasteiger partial charge in [-0.25, -0.2) is 17.6 Å². The third kappa shape index (κ3) is 4.40. The number of aryl methyl sites for hydroxylation is 1. The fourth-order valence-electron chi connectivity index (χ4n) is 1.87. The molecule has 0 fully saturated rings. The van der Waals surface area contributed by atoms with Crippen LogP contribution in [0.2, 0.25) is 0 Å². The van der Waals surface area contributed by atoms with E-state index in [9.17, 15) is 17.6 Å². The van der Waals surface area contributed by atoms with E-state index in [4.69, 9.17) is 5.11 Å². The fraction of sp³-hybridized carbons (Fsp3) is 0.0625. The highest BCUT2D eigenvalue weighted by molar-refractivity contribution is 7.92. The maximum Gasteiger partial charge on any atom is 0.328 e. The number of carbonyl (C=O) groups is 1. The van der Waals surface area contributed by atoms with Crippen LogP contribution in [0, 0.1) is 12.7 Å². The van der Waals surface area contributed by atoms with Crippen LogP contribution in [0.4, 0.5) is 10.1 Å². The first-order chi connectivity index (χ1) is 10.8. The molecule has 0 heterocycles. The minimum absolute atomic E-state index is 0.0219. The predicted molar refractivity (Wildman–Crippen MR) is 85.1 cm³/mol. The van der Waals surface area contributed by atoms with E-state index in [1.807, 2.05) is 0 Å². The normalized spacial score (nSPS) is 11.6. The highest BCUT2D eigenvalue weighted by Crippen LogP contribution is 2.21. The molecule has 2 aromatic carbocycles. The van der Waals surface area contributed by atoms with Crippen molar-refractivity contribution in [2.75, 3.05) is 4.72 Å². The van der Waals surface area contributed by atoms with Gasteiger partial charge in [-0.1, -0.05) is 12.1 Å². The summed E-state index contributed by atoms with van der Waals surface area (Å²) in [6.45, 7) is 1.60. The average molecular weight is 335 g/mol. The maximum absolute atomic E-state index is 13.1. The number of carboxylic acid groups (broad SMARTS) is 1. The van der Waals surface area contributed by atoms with E-state index in [1.165, 1.54) is 48.5 Å². The number of nitrogens with one attached hydrogen (secondary N) is 1. The second-order valence-corrected chi connectivity index (χ2v) is 6.49. The molecule has 2 rings (SSSR count). The van der Waals surface area contributed by atoms with Crippen LogP contribution in [0.1, 0.15) is 11.1 Å². The summed E-state index contributed by atoms with van der Waals surface area (Å²) >= 11 is 0. The Balaban J connectivity index is 2.24. The van der Waals surface area contributed by atoms with Crippen LogP contribution in [0.25, 0.3) is 6.08 Å². The maximum atomic E-state index is 13.1. The van der Waals surface area contributed by atoms with Crippen LogP contribution in [0.3, 0.4) is 0 Å². The molecule has 0 radical (unpaired) electrons. The Morgan fingerprint density at radius 1 is 1.17 bits per heavy atom. The van der Waals surface area contributed by atoms with Gasteiger partial charge in [0.2, 0.25) is 0 Å². The third-order valence-corrected chi connectivity index (χ3v) is 4.42. The van der Waals surface area contributed by atoms with E-state index in [1.54, 1.807) is 6.92 Å². The molecule has 0 atom stereocenters. The van der Waals surface area contributed by atoms with Gasteiger partial charge in [0.05, 0.1) is 10.6 Å². The lowest BCUT2D eigenvalue weighted by Gasteiger charge is -2.10. The summed E-state index contributed by atoms with van der Waals surface area (Å²) < 4.78 is 40.0. The van der Waals surface area contributed by atoms with Crippen LogP contribution in [-0.4, -0.2) is 19.5 Å². The summed E-state index contributed by atoms with van der Waals surface area (Å²) in [4.78, 5) is 10.5. The van der Waals surface area contributed by atoms with Crippen molar-refractivity contribution in [3.8, 4) is 0 Å². The van der Waals surface area contributed by atoms with Crippen molar-refractivity contribution < 1.29 is 22.7 Å². The van der Waals surface area contributed by atoms with Crippen molar-refractivity contribution in [1.82, 2.24) is 0 Å². The van der Waals surface area contributed by atoms with E-state index < -0.39 is 21.8 Å². The number of aliphatic carboxylic acids is 1. The average Bonchev–Trinajstić information content (AvgIpc) is 2.48. The number of anilines is 1. The molecule has 7 heteroatoms. The van der Waals surface area contributed by atoms with E-state index >= 15 is 0 Å². The number of rotatable bonds is 5. The zero-order valence-electron chi connectivity index (χ0n) is 12.2. The second-order valence-electron chi connectivity index (χ2n) is 4.81. The first-order valence-corrected chi connectivity index (χ1v) is 8.06. The van der Waals surface area contributed by atoms with Gasteiger partial charge in [0.1, 0.15) is 5.82 Å². The molecule has 0 unspecified atom stereocenters. The number of sulfonamides is 1. The van der Waals surface area contributed by atoms with Gasteiger partial charge in [0, 0.05) is 6.08 Å². The Morgan fingerprint density at radius 3 is 2.39 bits per heavy atom. The summed E-state index contributed by atoms with van der Waals surface area (Å²) in [6, 6.07) is 9.47. The lowest BCUT2D eigenvalue weighted by Crippen LogP contribution is -2.13. The van der Waals surface area contributed by atoms with Crippen molar-refractivity contribution in [2.45, 2.75) is 11.8 Å². The van der Waals surface area contributed by atoms with Crippen molar-refractivity contribution >= 4 is 27.8 Å². The largest absolute Gasteiger partial charge is 0.478 e. The van der Waals surface area contributed by atoms with E-state index in [-0.39, 0.29) is 4.90 Å². The van der Waals surface area contributed by atoms with Crippen molar-refractivity contribution in [2.24, 2.45) is 0 Å². The van der Waals surface area contributed by atoms with Crippen LogP contribution in [0.5, 0.6) is 0 Å². The second kappa shape index (κ2) is 6.62. The lowest BCUT2D eigenvalue weighted by atomic mass is 10.2. The molecule has 0 aliphatic heterocycles. The van der Waals surface area contributed by atoms with Gasteiger partial charge in [-0.05, 0) is 54.5 Å². The number of hydrogen-bond donors (Lipinski definition) is 2. The quantitative estimate of drug-likeness (QED) is 0.823. The number of halogens is 1. The van der Waals surface area contributed by atoms with Gasteiger partial charge in [-0.15, -0.1) is 0 Å². The first kappa shape index (κ1) is 16.7. The van der Waals surface area contributed by atoms with Gasteiger partial charge >= 0.3 is 5.97 Å². The number of hydrogen-bond acceptors (Lipinski definition) is 3. The van der Waals surface area contributed by atoms with Gasteiger partial charge in [-0.2, -0.15) is 0 Å². The minimum atomic E-state index is -3.81. The fourth-order valence-corrected chi connectivity index (χ4v) is 3.00. The summed E-state index contributed by atoms with van der Waals surface area (Å²) in [7, 11) is -3.81. The van der Waals surface area contributed by atoms with E-state index in [0.717, 1.165) is 6.08 Å². The first-order valence-electron chi connectivity index (χ1n) is 6.58. The molecular weight excluding hydrogens is 321 g/mol. The summed E-state index contributed by atoms with van der Waals surface area (Å²) in [6.07, 6.45) is 2.32. The Bertz CT molecular complexity index is 858. The van der Waals surface area contributed by atoms with Gasteiger partial charge in [0.15, 0.2) is 0 Å². The van der Waals surface area contributed by atoms with Crippen LogP contribution in [-0.2, 0) is 14.8 Å². The molecule has 0 saturated heterocycles. The highest BCUT2D eigenvalue weighted by Gasteiger charge is 2.15. The molecule has 0 aliphatic rings. The molecule has 5 nitrogen and oxygen atoms in total. The van der Waals surface area contributed by atoms with Gasteiger partial charge in [-0.3, -0.25) is 4.72 Å². The monoisotopic (exact) mass is 335 g/mol. The molecule has 2 N–H and O–H groups in total. The summed E-state index contributed by atoms with van der Waals surface area (Å²) in [5, 5.41) is 8.55. The van der Waals surface area contributed by atoms with Crippen molar-refractivity contribution in [1.29, 1.82) is 0 Å². The zero-order valence-corrected chi connectivity index (χ0v) is 13.0. The smallest absolute Gasteiger partial charge is 0.328 e. The van der Waals surface area contributed by atoms with Crippen molar-refractivity contribution in [3.63, 3.8) is 0 Å². The van der Waals surface area contributed by atoms with Crippen LogP contribution in [0.15, 0.2) is 53.4 Å². The molecule has 0 aliphatic carbocycles. The van der Waals surface area contributed by atoms with E-state index in [0.29, 0.717) is 16.8 Å². The van der Waals surface area contributed by atoms with Crippen molar-refractivity contribution in [3.05, 3.63) is 65.5 Å². The molecule has 0 bridgehead atoms. The Kier molecular flexibility index (Phi) is 4.80. The third-order valence-electron chi connectivity index (χ3n) is 3.04. The lowest BCUT2D eigenvalue weighted by molar-refractivity contribution is -0.131. The highest BCUT2D eigenvalue weighted by atomic mass is 32.2. The minimum Gasteiger partial charge on any atom is -0.478 e. The molecule has 0 aromatic heterocycles.